The zero-order valence-electron chi connectivity index (χ0n) is 16.6. The number of anilines is 1. The predicted molar refractivity (Wildman–Crippen MR) is 112 cm³/mol. The van der Waals surface area contributed by atoms with E-state index in [1.165, 1.54) is 0 Å². The van der Waals surface area contributed by atoms with Gasteiger partial charge in [0.2, 0.25) is 11.8 Å². The normalized spacial score (nSPS) is 16.3. The molecule has 0 spiro atoms. The van der Waals surface area contributed by atoms with E-state index in [-0.39, 0.29) is 24.3 Å². The van der Waals surface area contributed by atoms with Crippen LogP contribution in [0.4, 0.5) is 5.13 Å². The molecule has 2 aromatic rings. The molecular formula is C21H25N3O4S. The lowest BCUT2D eigenvalue weighted by atomic mass is 9.97. The van der Waals surface area contributed by atoms with Crippen molar-refractivity contribution in [1.29, 1.82) is 0 Å². The number of carbonyl (C=O) groups is 3. The fourth-order valence-corrected chi connectivity index (χ4v) is 4.23. The van der Waals surface area contributed by atoms with Crippen molar-refractivity contribution >= 4 is 34.3 Å². The van der Waals surface area contributed by atoms with Crippen molar-refractivity contribution in [1.82, 2.24) is 9.88 Å². The van der Waals surface area contributed by atoms with E-state index >= 15 is 0 Å². The highest BCUT2D eigenvalue weighted by Crippen LogP contribution is 2.32. The Labute approximate surface area is 174 Å². The summed E-state index contributed by atoms with van der Waals surface area (Å²) >= 11 is 1.11. The van der Waals surface area contributed by atoms with Crippen molar-refractivity contribution in [2.75, 3.05) is 25.0 Å². The molecule has 0 saturated carbocycles. The number of nitrogens with zero attached hydrogens (tertiary/aromatic N) is 2. The fourth-order valence-electron chi connectivity index (χ4n) is 3.35. The van der Waals surface area contributed by atoms with E-state index in [4.69, 9.17) is 4.74 Å². The topological polar surface area (TPSA) is 88.6 Å². The Hall–Kier alpha value is -2.74. The summed E-state index contributed by atoms with van der Waals surface area (Å²) in [4.78, 5) is 43.7. The largest absolute Gasteiger partial charge is 0.462 e. The summed E-state index contributed by atoms with van der Waals surface area (Å²) in [5.41, 5.74) is 1.28. The minimum absolute atomic E-state index is 0.0627. The van der Waals surface area contributed by atoms with E-state index in [1.54, 1.807) is 11.8 Å². The quantitative estimate of drug-likeness (QED) is 0.729. The van der Waals surface area contributed by atoms with Crippen molar-refractivity contribution in [2.24, 2.45) is 5.92 Å². The number of hydrogen-bond acceptors (Lipinski definition) is 6. The van der Waals surface area contributed by atoms with Gasteiger partial charge < -0.3 is 15.0 Å². The molecule has 1 unspecified atom stereocenters. The Morgan fingerprint density at radius 2 is 2.00 bits per heavy atom. The molecule has 8 heteroatoms. The molecule has 0 aliphatic carbocycles. The summed E-state index contributed by atoms with van der Waals surface area (Å²) < 4.78 is 5.15. The molecule has 1 atom stereocenters. The summed E-state index contributed by atoms with van der Waals surface area (Å²) in [7, 11) is 0. The van der Waals surface area contributed by atoms with Crippen LogP contribution in [0.3, 0.4) is 0 Å². The number of amides is 2. The molecule has 29 heavy (non-hydrogen) atoms. The second kappa shape index (κ2) is 9.65. The maximum Gasteiger partial charge on any atom is 0.350 e. The molecule has 0 radical (unpaired) electrons. The number of hydrogen-bond donors (Lipinski definition) is 1. The third-order valence-electron chi connectivity index (χ3n) is 4.81. The van der Waals surface area contributed by atoms with Crippen LogP contribution >= 0.6 is 11.3 Å². The molecule has 0 bridgehead atoms. The fraction of sp³-hybridized carbons (Fsp3) is 0.429. The molecule has 1 aromatic carbocycles. The monoisotopic (exact) mass is 415 g/mol. The second-order valence-electron chi connectivity index (χ2n) is 6.80. The first-order valence-corrected chi connectivity index (χ1v) is 10.7. The number of benzene rings is 1. The van der Waals surface area contributed by atoms with Crippen LogP contribution in [0, 0.1) is 5.92 Å². The van der Waals surface area contributed by atoms with Gasteiger partial charge in [-0.3, -0.25) is 9.59 Å². The van der Waals surface area contributed by atoms with E-state index in [1.807, 2.05) is 37.3 Å². The summed E-state index contributed by atoms with van der Waals surface area (Å²) in [5, 5.41) is 3.20. The Balaban J connectivity index is 1.79. The molecule has 1 aliphatic heterocycles. The summed E-state index contributed by atoms with van der Waals surface area (Å²) in [5.74, 6) is -0.855. The zero-order valence-corrected chi connectivity index (χ0v) is 17.5. The second-order valence-corrected chi connectivity index (χ2v) is 7.80. The number of rotatable bonds is 6. The van der Waals surface area contributed by atoms with Crippen LogP contribution in [0.1, 0.15) is 42.8 Å². The lowest BCUT2D eigenvalue weighted by Crippen LogP contribution is -2.43. The predicted octanol–water partition coefficient (Wildman–Crippen LogP) is 3.57. The third kappa shape index (κ3) is 5.00. The number of esters is 1. The average molecular weight is 416 g/mol. The van der Waals surface area contributed by atoms with E-state index in [0.717, 1.165) is 29.7 Å². The van der Waals surface area contributed by atoms with Crippen molar-refractivity contribution in [3.63, 3.8) is 0 Å². The average Bonchev–Trinajstić information content (AvgIpc) is 3.18. The number of nitrogens with one attached hydrogen (secondary N) is 1. The SMILES string of the molecule is CCOC(=O)c1sc(NC(=O)C2CCCN(C(=O)CC)C2)nc1-c1ccccc1. The van der Waals surface area contributed by atoms with Crippen LogP contribution in [0.15, 0.2) is 30.3 Å². The minimum Gasteiger partial charge on any atom is -0.462 e. The zero-order chi connectivity index (χ0) is 20.8. The van der Waals surface area contributed by atoms with Crippen LogP contribution in [-0.4, -0.2) is 47.4 Å². The van der Waals surface area contributed by atoms with Crippen molar-refractivity contribution < 1.29 is 19.1 Å². The summed E-state index contributed by atoms with van der Waals surface area (Å²) in [6.45, 7) is 4.94. The first-order chi connectivity index (χ1) is 14.0. The first-order valence-electron chi connectivity index (χ1n) is 9.85. The first kappa shape index (κ1) is 21.0. The number of thiazole rings is 1. The van der Waals surface area contributed by atoms with E-state index < -0.39 is 5.97 Å². The van der Waals surface area contributed by atoms with Crippen molar-refractivity contribution in [3.05, 3.63) is 35.2 Å². The molecule has 1 aliphatic rings. The number of likely N-dealkylation sites (tertiary alicyclic amines) is 1. The number of aromatic nitrogens is 1. The summed E-state index contributed by atoms with van der Waals surface area (Å²) in [6.07, 6.45) is 1.95. The molecule has 1 saturated heterocycles. The lowest BCUT2D eigenvalue weighted by Gasteiger charge is -2.31. The molecule has 1 N–H and O–H groups in total. The highest BCUT2D eigenvalue weighted by atomic mass is 32.1. The van der Waals surface area contributed by atoms with Gasteiger partial charge in [0.1, 0.15) is 4.88 Å². The molecular weight excluding hydrogens is 390 g/mol. The van der Waals surface area contributed by atoms with Gasteiger partial charge in [-0.25, -0.2) is 9.78 Å². The number of ether oxygens (including phenoxy) is 1. The molecule has 2 amide bonds. The van der Waals surface area contributed by atoms with Gasteiger partial charge in [0.25, 0.3) is 0 Å². The van der Waals surface area contributed by atoms with Gasteiger partial charge in [-0.05, 0) is 19.8 Å². The van der Waals surface area contributed by atoms with Gasteiger partial charge in [0, 0.05) is 25.1 Å². The van der Waals surface area contributed by atoms with Gasteiger partial charge >= 0.3 is 5.97 Å². The minimum atomic E-state index is -0.457. The van der Waals surface area contributed by atoms with Crippen molar-refractivity contribution in [2.45, 2.75) is 33.1 Å². The highest BCUT2D eigenvalue weighted by molar-refractivity contribution is 7.18. The van der Waals surface area contributed by atoms with Crippen LogP contribution in [0.2, 0.25) is 0 Å². The molecule has 2 heterocycles. The molecule has 1 fully saturated rings. The molecule has 154 valence electrons. The van der Waals surface area contributed by atoms with E-state index in [2.05, 4.69) is 10.3 Å². The summed E-state index contributed by atoms with van der Waals surface area (Å²) in [6, 6.07) is 9.33. The molecule has 3 rings (SSSR count). The van der Waals surface area contributed by atoms with Gasteiger partial charge in [-0.1, -0.05) is 48.6 Å². The maximum absolute atomic E-state index is 12.8. The van der Waals surface area contributed by atoms with E-state index in [9.17, 15) is 14.4 Å². The van der Waals surface area contributed by atoms with Crippen LogP contribution in [0.25, 0.3) is 11.3 Å². The molecule has 1 aromatic heterocycles. The van der Waals surface area contributed by atoms with E-state index in [0.29, 0.717) is 35.2 Å². The Bertz CT molecular complexity index is 881. The number of piperidine rings is 1. The number of carbonyl (C=O) groups excluding carboxylic acids is 3. The lowest BCUT2D eigenvalue weighted by molar-refractivity contribution is -0.134. The van der Waals surface area contributed by atoms with Gasteiger partial charge in [-0.15, -0.1) is 0 Å². The standard InChI is InChI=1S/C21H25N3O4S/c1-3-16(25)24-12-8-11-15(13-24)19(26)23-21-22-17(14-9-6-5-7-10-14)18(29-21)20(27)28-4-2/h5-7,9-10,15H,3-4,8,11-13H2,1-2H3,(H,22,23,26). The third-order valence-corrected chi connectivity index (χ3v) is 5.76. The Morgan fingerprint density at radius 1 is 1.24 bits per heavy atom. The Morgan fingerprint density at radius 3 is 2.69 bits per heavy atom. The van der Waals surface area contributed by atoms with Crippen molar-refractivity contribution in [3.8, 4) is 11.3 Å². The van der Waals surface area contributed by atoms with Crippen LogP contribution < -0.4 is 5.32 Å². The highest BCUT2D eigenvalue weighted by Gasteiger charge is 2.29. The smallest absolute Gasteiger partial charge is 0.350 e. The van der Waals surface area contributed by atoms with Crippen LogP contribution in [0.5, 0.6) is 0 Å². The van der Waals surface area contributed by atoms with Gasteiger partial charge in [0.15, 0.2) is 5.13 Å². The Kier molecular flexibility index (Phi) is 6.98. The van der Waals surface area contributed by atoms with Gasteiger partial charge in [-0.2, -0.15) is 0 Å². The molecule has 7 nitrogen and oxygen atoms in total. The van der Waals surface area contributed by atoms with Crippen LogP contribution in [-0.2, 0) is 14.3 Å². The van der Waals surface area contributed by atoms with Gasteiger partial charge in [0.05, 0.1) is 18.2 Å². The maximum atomic E-state index is 12.8.